The molecule has 0 radical (unpaired) electrons. The standard InChI is InChI=1S/C5H9I2/c6-3-5-1-2-7-4-5/h5H,1-4H2/q-1. The average Bonchev–Trinajstić information content (AvgIpc) is 2.14. The summed E-state index contributed by atoms with van der Waals surface area (Å²) in [4.78, 5) is 0. The Hall–Kier alpha value is 1.46. The van der Waals surface area contributed by atoms with Gasteiger partial charge >= 0.3 is 69.4 Å². The molecule has 0 aromatic heterocycles. The van der Waals surface area contributed by atoms with Crippen LogP contribution in [0.25, 0.3) is 0 Å². The Kier molecular flexibility index (Phi) is 3.27. The fraction of sp³-hybridized carbons (Fsp3) is 1.00. The molecule has 1 rings (SSSR count). The summed E-state index contributed by atoms with van der Waals surface area (Å²) < 4.78 is 4.63. The molecule has 0 amide bonds. The molecule has 1 fully saturated rings. The zero-order valence-corrected chi connectivity index (χ0v) is 8.48. The van der Waals surface area contributed by atoms with E-state index in [1.54, 1.807) is 15.3 Å². The topological polar surface area (TPSA) is 0 Å². The molecule has 1 atom stereocenters. The first-order valence-corrected chi connectivity index (χ1v) is 7.10. The van der Waals surface area contributed by atoms with E-state index in [9.17, 15) is 0 Å². The van der Waals surface area contributed by atoms with Crippen molar-refractivity contribution in [3.05, 3.63) is 0 Å². The fourth-order valence-corrected chi connectivity index (χ4v) is 6.00. The number of rotatable bonds is 1. The van der Waals surface area contributed by atoms with Gasteiger partial charge in [-0.15, -0.1) is 0 Å². The van der Waals surface area contributed by atoms with Crippen LogP contribution in [-0.2, 0) is 0 Å². The van der Waals surface area contributed by atoms with Crippen LogP contribution in [0, 0.1) is 5.92 Å². The van der Waals surface area contributed by atoms with Crippen molar-refractivity contribution in [1.82, 2.24) is 0 Å². The third-order valence-corrected chi connectivity index (χ3v) is 5.70. The Morgan fingerprint density at radius 3 is 2.86 bits per heavy atom. The van der Waals surface area contributed by atoms with Crippen molar-refractivity contribution in [2.75, 3.05) is 13.3 Å². The Balaban J connectivity index is 2.14. The molecule has 0 nitrogen and oxygen atoms in total. The van der Waals surface area contributed by atoms with Gasteiger partial charge in [0.05, 0.1) is 0 Å². The Morgan fingerprint density at radius 1 is 1.71 bits per heavy atom. The molecule has 0 saturated carbocycles. The zero-order valence-electron chi connectivity index (χ0n) is 4.16. The van der Waals surface area contributed by atoms with E-state index in [2.05, 4.69) is 22.6 Å². The minimum atomic E-state index is 0.691. The van der Waals surface area contributed by atoms with Crippen molar-refractivity contribution in [2.45, 2.75) is 6.42 Å². The summed E-state index contributed by atoms with van der Waals surface area (Å²) in [5, 5.41) is 0. The monoisotopic (exact) mass is 323 g/mol. The first-order chi connectivity index (χ1) is 3.43. The third kappa shape index (κ3) is 2.03. The summed E-state index contributed by atoms with van der Waals surface area (Å²) in [5.41, 5.74) is 0. The van der Waals surface area contributed by atoms with Gasteiger partial charge in [0.25, 0.3) is 0 Å². The number of hydrogen-bond acceptors (Lipinski definition) is 0. The third-order valence-electron chi connectivity index (χ3n) is 1.20. The van der Waals surface area contributed by atoms with Crippen molar-refractivity contribution in [3.8, 4) is 0 Å². The molecular formula is C5H9I2-. The van der Waals surface area contributed by atoms with Crippen LogP contribution in [0.15, 0.2) is 0 Å². The quantitative estimate of drug-likeness (QED) is 0.408. The Morgan fingerprint density at radius 2 is 2.57 bits per heavy atom. The number of halogens is 2. The van der Waals surface area contributed by atoms with E-state index < -0.39 is 0 Å². The van der Waals surface area contributed by atoms with Crippen molar-refractivity contribution >= 4 is 22.6 Å². The summed E-state index contributed by atoms with van der Waals surface area (Å²) in [7, 11) is 0. The second-order valence-corrected chi connectivity index (χ2v) is 5.76. The van der Waals surface area contributed by atoms with Gasteiger partial charge in [-0.2, -0.15) is 0 Å². The van der Waals surface area contributed by atoms with E-state index in [0.717, 1.165) is 5.92 Å². The second kappa shape index (κ2) is 3.48. The van der Waals surface area contributed by atoms with Gasteiger partial charge in [-0.05, 0) is 0 Å². The molecule has 0 aromatic rings. The average molecular weight is 323 g/mol. The molecule has 0 spiro atoms. The van der Waals surface area contributed by atoms with Gasteiger partial charge in [0.15, 0.2) is 0 Å². The molecule has 0 N–H and O–H groups in total. The van der Waals surface area contributed by atoms with Gasteiger partial charge in [0.1, 0.15) is 0 Å². The van der Waals surface area contributed by atoms with Crippen LogP contribution < -0.4 is 21.2 Å². The molecule has 0 aromatic carbocycles. The molecule has 1 unspecified atom stereocenters. The molecule has 1 heterocycles. The van der Waals surface area contributed by atoms with Crippen LogP contribution >= 0.6 is 22.6 Å². The molecule has 2 heteroatoms. The van der Waals surface area contributed by atoms with Crippen LogP contribution in [0.1, 0.15) is 6.42 Å². The second-order valence-electron chi connectivity index (χ2n) is 1.84. The Labute approximate surface area is 68.8 Å². The maximum atomic E-state index is 2.51. The van der Waals surface area contributed by atoms with Gasteiger partial charge < -0.3 is 0 Å². The van der Waals surface area contributed by atoms with Crippen LogP contribution in [0.3, 0.4) is 0 Å². The van der Waals surface area contributed by atoms with Gasteiger partial charge in [0, 0.05) is 0 Å². The van der Waals surface area contributed by atoms with Crippen LogP contribution in [0.5, 0.6) is 0 Å². The summed E-state index contributed by atoms with van der Waals surface area (Å²) in [5.74, 6) is 1.13. The molecule has 7 heavy (non-hydrogen) atoms. The van der Waals surface area contributed by atoms with E-state index in [4.69, 9.17) is 0 Å². The summed E-state index contributed by atoms with van der Waals surface area (Å²) >= 11 is 3.20. The van der Waals surface area contributed by atoms with Crippen LogP contribution in [-0.4, -0.2) is 13.3 Å². The van der Waals surface area contributed by atoms with Gasteiger partial charge in [-0.3, -0.25) is 0 Å². The first-order valence-electron chi connectivity index (χ1n) is 2.53. The van der Waals surface area contributed by atoms with E-state index >= 15 is 0 Å². The molecule has 1 aliphatic heterocycles. The molecule has 44 valence electrons. The van der Waals surface area contributed by atoms with Crippen molar-refractivity contribution < 1.29 is 21.2 Å². The van der Waals surface area contributed by atoms with Crippen molar-refractivity contribution in [3.63, 3.8) is 0 Å². The van der Waals surface area contributed by atoms with Crippen LogP contribution in [0.2, 0.25) is 0 Å². The summed E-state index contributed by atoms with van der Waals surface area (Å²) in [6.45, 7) is 0. The number of alkyl halides is 3. The minimum absolute atomic E-state index is 0.691. The SMILES string of the molecule is ICC1CC[I-]C1. The molecule has 1 aliphatic rings. The summed E-state index contributed by atoms with van der Waals surface area (Å²) in [6, 6.07) is 0. The van der Waals surface area contributed by atoms with E-state index in [1.807, 2.05) is 0 Å². The maximum absolute atomic E-state index is 2.51. The van der Waals surface area contributed by atoms with E-state index in [-0.39, 0.29) is 0 Å². The van der Waals surface area contributed by atoms with Crippen molar-refractivity contribution in [1.29, 1.82) is 0 Å². The van der Waals surface area contributed by atoms with Crippen LogP contribution in [0.4, 0.5) is 0 Å². The molecule has 1 saturated heterocycles. The van der Waals surface area contributed by atoms with Gasteiger partial charge in [-0.1, -0.05) is 0 Å². The normalized spacial score (nSPS) is 32.4. The van der Waals surface area contributed by atoms with E-state index in [1.165, 1.54) is 4.43 Å². The summed E-state index contributed by atoms with van der Waals surface area (Å²) in [6.07, 6.45) is 1.55. The van der Waals surface area contributed by atoms with Gasteiger partial charge in [-0.25, -0.2) is 0 Å². The number of hydrogen-bond donors (Lipinski definition) is 0. The molecule has 0 aliphatic carbocycles. The van der Waals surface area contributed by atoms with E-state index in [0.29, 0.717) is 21.2 Å². The van der Waals surface area contributed by atoms with Crippen molar-refractivity contribution in [2.24, 2.45) is 5.92 Å². The fourth-order valence-electron chi connectivity index (χ4n) is 0.658. The zero-order chi connectivity index (χ0) is 5.11. The molecule has 0 bridgehead atoms. The first kappa shape index (κ1) is 6.58. The predicted octanol–water partition coefficient (Wildman–Crippen LogP) is -1.47. The molecular weight excluding hydrogens is 314 g/mol. The Bertz CT molecular complexity index is 48.0. The van der Waals surface area contributed by atoms with Gasteiger partial charge in [0.2, 0.25) is 0 Å². The predicted molar refractivity (Wildman–Crippen MR) is 36.7 cm³/mol.